The summed E-state index contributed by atoms with van der Waals surface area (Å²) in [4.78, 5) is 0. The van der Waals surface area contributed by atoms with Crippen molar-refractivity contribution < 1.29 is 0 Å². The minimum absolute atomic E-state index is 0.678. The van der Waals surface area contributed by atoms with E-state index >= 15 is 0 Å². The van der Waals surface area contributed by atoms with Crippen LogP contribution in [0.4, 0.5) is 0 Å². The molecule has 0 aromatic rings. The highest BCUT2D eigenvalue weighted by molar-refractivity contribution is 6.00. The SMILES string of the molecule is C=C/C=C(C)\C(C(C)=N)=C(/C)CCC1CCCCC1. The minimum Gasteiger partial charge on any atom is -0.305 e. The fraction of sp³-hybridized carbons (Fsp3) is 0.611. The van der Waals surface area contributed by atoms with Crippen molar-refractivity contribution in [3.8, 4) is 0 Å². The first-order valence-corrected chi connectivity index (χ1v) is 7.61. The van der Waals surface area contributed by atoms with Gasteiger partial charge < -0.3 is 5.41 Å². The Balaban J connectivity index is 2.70. The molecule has 0 aromatic heterocycles. The van der Waals surface area contributed by atoms with Gasteiger partial charge in [-0.25, -0.2) is 0 Å². The molecule has 0 unspecified atom stereocenters. The fourth-order valence-corrected chi connectivity index (χ4v) is 3.23. The summed E-state index contributed by atoms with van der Waals surface area (Å²) in [6, 6.07) is 0. The fourth-order valence-electron chi connectivity index (χ4n) is 3.23. The van der Waals surface area contributed by atoms with Crippen molar-refractivity contribution in [2.45, 2.75) is 65.7 Å². The number of hydrogen-bond donors (Lipinski definition) is 1. The average molecular weight is 259 g/mol. The monoisotopic (exact) mass is 259 g/mol. The maximum atomic E-state index is 7.98. The Hall–Kier alpha value is -1.11. The van der Waals surface area contributed by atoms with Crippen molar-refractivity contribution in [2.75, 3.05) is 0 Å². The molecule has 1 N–H and O–H groups in total. The maximum Gasteiger partial charge on any atom is 0.0357 e. The van der Waals surface area contributed by atoms with Gasteiger partial charge in [-0.05, 0) is 50.7 Å². The Kier molecular flexibility index (Phi) is 6.83. The molecule has 0 amide bonds. The molecule has 1 heteroatoms. The van der Waals surface area contributed by atoms with E-state index in [1.807, 2.05) is 19.1 Å². The van der Waals surface area contributed by atoms with Crippen LogP contribution in [0, 0.1) is 11.3 Å². The van der Waals surface area contributed by atoms with Crippen LogP contribution in [0.5, 0.6) is 0 Å². The second-order valence-electron chi connectivity index (χ2n) is 5.91. The molecule has 106 valence electrons. The van der Waals surface area contributed by atoms with Crippen LogP contribution in [0.3, 0.4) is 0 Å². The standard InChI is InChI=1S/C18H29N/c1-5-9-14(2)18(16(4)19)15(3)12-13-17-10-7-6-8-11-17/h5,9,17,19H,1,6-8,10-13H2,2-4H3/b14-9-,18-15-,19-16?. The molecule has 0 atom stereocenters. The Labute approximate surface area is 119 Å². The van der Waals surface area contributed by atoms with Crippen LogP contribution in [-0.2, 0) is 0 Å². The zero-order valence-electron chi connectivity index (χ0n) is 12.9. The molecular weight excluding hydrogens is 230 g/mol. The van der Waals surface area contributed by atoms with Gasteiger partial charge in [-0.2, -0.15) is 0 Å². The summed E-state index contributed by atoms with van der Waals surface area (Å²) in [5.41, 5.74) is 4.35. The van der Waals surface area contributed by atoms with Crippen molar-refractivity contribution in [1.82, 2.24) is 0 Å². The van der Waals surface area contributed by atoms with E-state index in [-0.39, 0.29) is 0 Å². The van der Waals surface area contributed by atoms with Crippen molar-refractivity contribution in [1.29, 1.82) is 5.41 Å². The van der Waals surface area contributed by atoms with Gasteiger partial charge in [-0.1, -0.05) is 56.4 Å². The van der Waals surface area contributed by atoms with Gasteiger partial charge in [0.1, 0.15) is 0 Å². The molecule has 0 bridgehead atoms. The van der Waals surface area contributed by atoms with E-state index in [9.17, 15) is 0 Å². The summed E-state index contributed by atoms with van der Waals surface area (Å²) in [5.74, 6) is 0.916. The topological polar surface area (TPSA) is 23.9 Å². The molecule has 1 fully saturated rings. The Morgan fingerprint density at radius 2 is 1.79 bits per heavy atom. The zero-order chi connectivity index (χ0) is 14.3. The number of hydrogen-bond acceptors (Lipinski definition) is 1. The molecule has 0 aromatic carbocycles. The predicted molar refractivity (Wildman–Crippen MR) is 85.9 cm³/mol. The van der Waals surface area contributed by atoms with Gasteiger partial charge in [0, 0.05) is 5.71 Å². The van der Waals surface area contributed by atoms with Crippen molar-refractivity contribution in [2.24, 2.45) is 5.92 Å². The quantitative estimate of drug-likeness (QED) is 0.458. The van der Waals surface area contributed by atoms with E-state index in [0.717, 1.165) is 17.9 Å². The van der Waals surface area contributed by atoms with E-state index in [1.54, 1.807) is 0 Å². The summed E-state index contributed by atoms with van der Waals surface area (Å²) in [6.45, 7) is 9.91. The number of nitrogens with one attached hydrogen (secondary N) is 1. The van der Waals surface area contributed by atoms with Gasteiger partial charge in [-0.15, -0.1) is 0 Å². The summed E-state index contributed by atoms with van der Waals surface area (Å²) < 4.78 is 0. The minimum atomic E-state index is 0.678. The molecule has 0 saturated heterocycles. The summed E-state index contributed by atoms with van der Waals surface area (Å²) in [6.07, 6.45) is 13.3. The molecule has 0 heterocycles. The lowest BCUT2D eigenvalue weighted by atomic mass is 9.84. The van der Waals surface area contributed by atoms with E-state index < -0.39 is 0 Å². The highest BCUT2D eigenvalue weighted by atomic mass is 14.4. The van der Waals surface area contributed by atoms with Crippen molar-refractivity contribution in [3.63, 3.8) is 0 Å². The molecular formula is C18H29N. The van der Waals surface area contributed by atoms with Gasteiger partial charge >= 0.3 is 0 Å². The van der Waals surface area contributed by atoms with Crippen LogP contribution in [0.25, 0.3) is 0 Å². The van der Waals surface area contributed by atoms with Crippen LogP contribution >= 0.6 is 0 Å². The Morgan fingerprint density at radius 3 is 2.32 bits per heavy atom. The van der Waals surface area contributed by atoms with Gasteiger partial charge in [-0.3, -0.25) is 0 Å². The van der Waals surface area contributed by atoms with Crippen LogP contribution in [0.1, 0.15) is 65.7 Å². The Morgan fingerprint density at radius 1 is 1.16 bits per heavy atom. The molecule has 1 aliphatic rings. The number of allylic oxidation sites excluding steroid dienone is 5. The first-order valence-electron chi connectivity index (χ1n) is 7.61. The third-order valence-corrected chi connectivity index (χ3v) is 4.22. The maximum absolute atomic E-state index is 7.98. The summed E-state index contributed by atoms with van der Waals surface area (Å²) in [7, 11) is 0. The van der Waals surface area contributed by atoms with Crippen LogP contribution in [0.15, 0.2) is 35.5 Å². The summed E-state index contributed by atoms with van der Waals surface area (Å²) in [5, 5.41) is 7.98. The van der Waals surface area contributed by atoms with Crippen LogP contribution in [0.2, 0.25) is 0 Å². The average Bonchev–Trinajstić information content (AvgIpc) is 2.37. The first-order chi connectivity index (χ1) is 9.06. The van der Waals surface area contributed by atoms with Gasteiger partial charge in [0.25, 0.3) is 0 Å². The molecule has 1 rings (SSSR count). The molecule has 19 heavy (non-hydrogen) atoms. The third-order valence-electron chi connectivity index (χ3n) is 4.22. The van der Waals surface area contributed by atoms with Gasteiger partial charge in [0.05, 0.1) is 0 Å². The lowest BCUT2D eigenvalue weighted by molar-refractivity contribution is 0.339. The zero-order valence-corrected chi connectivity index (χ0v) is 12.9. The first kappa shape index (κ1) is 15.9. The smallest absolute Gasteiger partial charge is 0.0357 e. The molecule has 1 nitrogen and oxygen atoms in total. The van der Waals surface area contributed by atoms with E-state index in [0.29, 0.717) is 5.71 Å². The van der Waals surface area contributed by atoms with Crippen LogP contribution < -0.4 is 0 Å². The second-order valence-corrected chi connectivity index (χ2v) is 5.91. The molecule has 0 radical (unpaired) electrons. The van der Waals surface area contributed by atoms with Gasteiger partial charge in [0.2, 0.25) is 0 Å². The normalized spacial score (nSPS) is 19.0. The highest BCUT2D eigenvalue weighted by Crippen LogP contribution is 2.30. The number of rotatable bonds is 6. The lowest BCUT2D eigenvalue weighted by Crippen LogP contribution is -2.07. The molecule has 1 saturated carbocycles. The predicted octanol–water partition coefficient (Wildman–Crippen LogP) is 5.84. The van der Waals surface area contributed by atoms with E-state index in [4.69, 9.17) is 5.41 Å². The molecule has 1 aliphatic carbocycles. The van der Waals surface area contributed by atoms with Gasteiger partial charge in [0.15, 0.2) is 0 Å². The second kappa shape index (κ2) is 8.14. The largest absolute Gasteiger partial charge is 0.305 e. The van der Waals surface area contributed by atoms with Crippen LogP contribution in [-0.4, -0.2) is 5.71 Å². The highest BCUT2D eigenvalue weighted by Gasteiger charge is 2.14. The summed E-state index contributed by atoms with van der Waals surface area (Å²) >= 11 is 0. The lowest BCUT2D eigenvalue weighted by Gasteiger charge is -2.22. The molecule has 0 spiro atoms. The van der Waals surface area contributed by atoms with E-state index in [1.165, 1.54) is 49.7 Å². The van der Waals surface area contributed by atoms with E-state index in [2.05, 4.69) is 20.4 Å². The third kappa shape index (κ3) is 5.18. The van der Waals surface area contributed by atoms with Crippen molar-refractivity contribution >= 4 is 5.71 Å². The molecule has 0 aliphatic heterocycles. The van der Waals surface area contributed by atoms with Crippen molar-refractivity contribution in [3.05, 3.63) is 35.5 Å². The Bertz CT molecular complexity index is 378.